The first-order valence-corrected chi connectivity index (χ1v) is 50.2. The number of unbranched alkanes of at least 4 members (excludes halogenated alkanes) is 14. The maximum absolute atomic E-state index is 14.4. The minimum Gasteiger partial charge on any atom is -0.480 e. The number of likely N-dealkylation sites (N-methyl/N-ethyl adjacent to an activating group) is 1. The van der Waals surface area contributed by atoms with Gasteiger partial charge in [-0.25, -0.2) is 0 Å². The second kappa shape index (κ2) is 70.5. The number of carbonyl (C=O) groups is 18. The molecule has 0 spiro atoms. The summed E-state index contributed by atoms with van der Waals surface area (Å²) in [6.45, 7) is -0.264. The number of Topliss-reactive ketones (excluding diaryl/α,β-unsaturated/α-hetero) is 1. The number of primary amides is 2. The van der Waals surface area contributed by atoms with Gasteiger partial charge >= 0.3 is 11.9 Å². The van der Waals surface area contributed by atoms with Crippen molar-refractivity contribution in [2.45, 2.75) is 298 Å². The smallest absolute Gasteiger partial charge is 0.317 e. The first-order chi connectivity index (χ1) is 70.0. The number of para-hydroxylation sites is 1. The number of aliphatic imine (C=N–C) groups is 1. The van der Waals surface area contributed by atoms with E-state index in [0.29, 0.717) is 49.8 Å². The molecule has 12 atom stereocenters. The number of aryl methyl sites for hydroxylation is 1. The number of aliphatic carboxylic acids is 2. The van der Waals surface area contributed by atoms with Crippen molar-refractivity contribution in [2.24, 2.45) is 27.9 Å². The molecule has 2 saturated heterocycles. The van der Waals surface area contributed by atoms with Crippen LogP contribution in [0.1, 0.15) is 223 Å². The fraction of sp³-hybridized carbons (Fsp3) is 0.646. The number of rotatable bonds is 63. The highest BCUT2D eigenvalue weighted by molar-refractivity contribution is 6.00. The number of nitrogens with two attached hydrogens (primary N) is 4. The Kier molecular flexibility index (Phi) is 59.4. The molecule has 0 unspecified atom stereocenters. The van der Waals surface area contributed by atoms with E-state index in [1.54, 1.807) is 43.6 Å². The van der Waals surface area contributed by atoms with Crippen LogP contribution in [0.5, 0.6) is 0 Å². The summed E-state index contributed by atoms with van der Waals surface area (Å²) in [5.74, 6) is -13.5. The molecular weight excluding hydrogens is 1900 g/mol. The normalized spacial score (nSPS) is 18.2. The van der Waals surface area contributed by atoms with E-state index in [1.165, 1.54) is 69.6 Å². The van der Waals surface area contributed by atoms with Crippen molar-refractivity contribution in [3.8, 4) is 0 Å². The minimum absolute atomic E-state index is 0.00470. The quantitative estimate of drug-likeness (QED) is 0.0117. The van der Waals surface area contributed by atoms with Gasteiger partial charge in [0.25, 0.3) is 0 Å². The van der Waals surface area contributed by atoms with Gasteiger partial charge in [0, 0.05) is 88.2 Å². The topological polar surface area (TPSA) is 776 Å². The maximum Gasteiger partial charge on any atom is 0.317 e. The lowest BCUT2D eigenvalue weighted by molar-refractivity contribution is -0.142. The highest BCUT2D eigenvalue weighted by Gasteiger charge is 2.43. The number of carbonyl (C=O) groups excluding carboxylic acids is 16. The molecule has 4 heterocycles. The van der Waals surface area contributed by atoms with Crippen LogP contribution in [0.4, 0.5) is 0 Å². The molecular formula is C96H153N25O25. The number of hydrogen-bond donors (Lipinski definition) is 24. The summed E-state index contributed by atoms with van der Waals surface area (Å²) in [4.78, 5) is 244. The predicted octanol–water partition coefficient (Wildman–Crippen LogP) is -3.37. The van der Waals surface area contributed by atoms with Crippen LogP contribution in [-0.4, -0.2) is 345 Å². The van der Waals surface area contributed by atoms with E-state index in [0.717, 1.165) is 53.7 Å². The Morgan fingerprint density at radius 2 is 1.16 bits per heavy atom. The number of hydrogen-bond acceptors (Lipinski definition) is 29. The molecule has 146 heavy (non-hydrogen) atoms. The third-order valence-electron chi connectivity index (χ3n) is 24.3. The van der Waals surface area contributed by atoms with Gasteiger partial charge in [-0.2, -0.15) is 5.21 Å². The van der Waals surface area contributed by atoms with Crippen molar-refractivity contribution < 1.29 is 121 Å². The van der Waals surface area contributed by atoms with Crippen LogP contribution in [0, 0.1) is 0 Å². The van der Waals surface area contributed by atoms with Crippen molar-refractivity contribution >= 4 is 123 Å². The molecule has 2 aromatic heterocycles. The fourth-order valence-electron chi connectivity index (χ4n) is 16.3. The van der Waals surface area contributed by atoms with Gasteiger partial charge in [0.1, 0.15) is 61.0 Å². The molecule has 50 nitrogen and oxygen atoms in total. The average Bonchev–Trinajstić information content (AvgIpc) is 1.66. The Labute approximate surface area is 848 Å². The van der Waals surface area contributed by atoms with Gasteiger partial charge in [-0.15, -0.1) is 10.2 Å². The number of carboxylic acid groups (broad SMARTS) is 2. The number of aromatic nitrogens is 5. The highest BCUT2D eigenvalue weighted by Crippen LogP contribution is 2.24. The zero-order valence-electron chi connectivity index (χ0n) is 83.8. The number of guanidine groups is 1. The lowest BCUT2D eigenvalue weighted by Crippen LogP contribution is -2.60. The first-order valence-electron chi connectivity index (χ1n) is 50.2. The Morgan fingerprint density at radius 3 is 1.78 bits per heavy atom. The molecule has 50 heteroatoms. The van der Waals surface area contributed by atoms with Crippen molar-refractivity contribution in [3.63, 3.8) is 0 Å². The molecule has 2 aliphatic rings. The van der Waals surface area contributed by atoms with E-state index in [4.69, 9.17) is 32.4 Å². The summed E-state index contributed by atoms with van der Waals surface area (Å²) in [6, 6.07) is 1.87. The van der Waals surface area contributed by atoms with E-state index in [9.17, 15) is 112 Å². The number of carboxylic acids is 2. The Bertz CT molecular complexity index is 4760. The number of ketones is 1. The maximum atomic E-state index is 14.4. The van der Waals surface area contributed by atoms with Gasteiger partial charge in [0.15, 0.2) is 17.6 Å². The predicted molar refractivity (Wildman–Crippen MR) is 532 cm³/mol. The Balaban J connectivity index is 0.000000531. The molecule has 15 amide bonds. The molecule has 28 N–H and O–H groups in total. The van der Waals surface area contributed by atoms with E-state index in [2.05, 4.69) is 99.7 Å². The van der Waals surface area contributed by atoms with E-state index in [-0.39, 0.29) is 147 Å². The zero-order chi connectivity index (χ0) is 107. The summed E-state index contributed by atoms with van der Waals surface area (Å²) in [5, 5.41) is 97.6. The summed E-state index contributed by atoms with van der Waals surface area (Å²) in [5.41, 5.74) is 24.3. The fourth-order valence-corrected chi connectivity index (χ4v) is 16.3. The van der Waals surface area contributed by atoms with Crippen molar-refractivity contribution in [1.82, 2.24) is 105 Å². The van der Waals surface area contributed by atoms with Crippen LogP contribution in [0.15, 0.2) is 65.8 Å². The van der Waals surface area contributed by atoms with Gasteiger partial charge in [0.2, 0.25) is 88.6 Å². The number of H-pyrrole nitrogens is 2. The lowest BCUT2D eigenvalue weighted by Gasteiger charge is -2.30. The third-order valence-corrected chi connectivity index (χ3v) is 24.3. The van der Waals surface area contributed by atoms with Crippen LogP contribution >= 0.6 is 0 Å². The van der Waals surface area contributed by atoms with Crippen LogP contribution in [-0.2, 0) is 115 Å². The van der Waals surface area contributed by atoms with Gasteiger partial charge in [-0.05, 0) is 121 Å². The molecule has 0 aliphatic carbocycles. The van der Waals surface area contributed by atoms with Crippen LogP contribution in [0.2, 0.25) is 0 Å². The van der Waals surface area contributed by atoms with Gasteiger partial charge in [-0.1, -0.05) is 144 Å². The van der Waals surface area contributed by atoms with Crippen molar-refractivity contribution in [1.29, 1.82) is 0 Å². The number of amides is 15. The van der Waals surface area contributed by atoms with Crippen LogP contribution in [0.3, 0.4) is 0 Å². The number of aromatic amines is 2. The number of benzene rings is 2. The van der Waals surface area contributed by atoms with Crippen molar-refractivity contribution in [3.05, 3.63) is 77.7 Å². The molecule has 6 rings (SSSR count). The minimum atomic E-state index is -1.78. The Morgan fingerprint density at radius 1 is 0.589 bits per heavy atom. The number of fused-ring (bicyclic) bond motifs is 2. The summed E-state index contributed by atoms with van der Waals surface area (Å²) in [7, 11) is 1.55. The molecule has 0 bridgehead atoms. The van der Waals surface area contributed by atoms with Gasteiger partial charge in [0.05, 0.1) is 70.9 Å². The first kappa shape index (κ1) is 123. The van der Waals surface area contributed by atoms with Crippen LogP contribution < -0.4 is 92.1 Å². The van der Waals surface area contributed by atoms with Crippen molar-refractivity contribution in [2.75, 3.05) is 99.0 Å². The molecule has 4 aromatic rings. The number of nitrogens with zero attached hydrogens (tertiary/aromatic N) is 6. The SMILES string of the molecule is CCCC[C@H](NC(=O)[C@H](CCCCN(CC(=O)O)CC(=O)O)NC(=O)[C@H](CO)NC(=O)[C@H](CCC(N)=O)NC(=O)[C@H](CO)NC(=O)CNC(=O)COCCOCCNC(=O)CCCCCCCCCCCCCCCc1nn[nH]n1)C(C)=O.CN[C@H]1CCC(=O)NCCCC[C@@H](C(N)=O)NC(=O)[C@H](Cc2c[nH]c3ccccc23)NC(=O)[C@H](CCCN=C(N)N)NC(=O)[C@@H](Cc2ccccc2)NC(=O)[C@@H]2C[C@@H](O)CN2C1=O. The van der Waals surface area contributed by atoms with E-state index in [1.807, 2.05) is 31.2 Å². The molecule has 2 aromatic carbocycles. The summed E-state index contributed by atoms with van der Waals surface area (Å²) in [6.07, 6.45) is 19.1. The Hall–Kier alpha value is -13.3. The standard InChI is InChI=1S/C53H93N13O17.C43H60N12O8/c1-3-4-20-38(37(2)69)58-50(78)39(21-18-19-27-66(32-48(74)75)33-49(76)77)59-53(81)42(35-68)61-51(79)40(24-25-43(54)70)60-52(80)41(34-67)57-46(72)31-56-47(73)36-83-30-29-82-28-26-55-45(71)23-17-15-13-11-9-7-5-6-8-10-12-14-16-22-44-62-64-65-63-44;1-47-32-16-17-36(57)48-18-8-7-14-30(37(44)58)51-40(61)34(21-26-23-50-29-13-6-5-12-28(26)29)53-38(59)31(15-9-19-49-43(45)46)52-39(60)33(20-25-10-3-2-4-11-25)54-41(62)35-22-27(56)24-55(35)42(32)63/h38-42,67-68H,3-36H2,1-2H3,(H2,54,70)(H,55,71)(H,56,73)(H,57,72)(H,58,78)(H,59,81)(H,60,80)(H,61,79)(H,74,75)(H,76,77)(H,62,63,64,65);2-6,10-13,23,27,30-35,47,50,56H,7-9,14-22,24H2,1H3,(H2,44,58)(H,48,57)(H,51,61)(H,52,60)(H,53,59)(H,54,62)(H4,45,46,49)/t38-,39-,40-,41-,42-;27-,30+,31+,32+,33-,34+,35+/m01/s1. The average molecular weight is 2060 g/mol. The molecule has 2 aliphatic heterocycles. The second-order valence-corrected chi connectivity index (χ2v) is 36.2. The second-order valence-electron chi connectivity index (χ2n) is 36.2. The summed E-state index contributed by atoms with van der Waals surface area (Å²) >= 11 is 0. The van der Waals surface area contributed by atoms with Gasteiger partial charge in [-0.3, -0.25) is 96.2 Å². The third kappa shape index (κ3) is 50.0. The zero-order valence-corrected chi connectivity index (χ0v) is 83.8. The molecule has 2 fully saturated rings. The molecule has 0 saturated carbocycles. The van der Waals surface area contributed by atoms with E-state index >= 15 is 0 Å². The van der Waals surface area contributed by atoms with E-state index < -0.39 is 214 Å². The monoisotopic (exact) mass is 2060 g/mol. The largest absolute Gasteiger partial charge is 0.480 e. The lowest BCUT2D eigenvalue weighted by atomic mass is 10.0. The number of tetrazole rings is 1. The highest BCUT2D eigenvalue weighted by atomic mass is 16.5. The molecule has 0 radical (unpaired) electrons. The molecule has 812 valence electrons. The number of aliphatic hydroxyl groups excluding tert-OH is 3. The number of aliphatic hydroxyl groups is 3. The number of nitrogens with one attached hydrogen (secondary N) is 15. The summed E-state index contributed by atoms with van der Waals surface area (Å²) < 4.78 is 10.7. The number of ether oxygens (including phenoxy) is 2. The van der Waals surface area contributed by atoms with Gasteiger partial charge < -0.3 is 137 Å². The van der Waals surface area contributed by atoms with Crippen LogP contribution in [0.25, 0.3) is 10.9 Å².